The summed E-state index contributed by atoms with van der Waals surface area (Å²) >= 11 is 0. The minimum absolute atomic E-state index is 0.0347. The van der Waals surface area contributed by atoms with Gasteiger partial charge in [0.2, 0.25) is 0 Å². The standard InChI is InChI=1S/C38H40F3N3O8/c1-50-27-17-13-25(14-18-27)37(24-10-6-4-7-11-24,26-15-19-28(51-2)20-16-26)34(47)32-30(45)21-31(52-32)44-22-23(35(48)43-36(44)49)9-5-3-8-12-29(42)33(46)38(39,40)41/h4-7,9-11,13-20,22,29-32,34,45,47H,3,8,12,21,42H2,1-2H3,(H,43,48,49)/t29?,30-,31+,32-,34?/m0/s1. The van der Waals surface area contributed by atoms with Crippen LogP contribution in [0.4, 0.5) is 13.2 Å². The van der Waals surface area contributed by atoms with Gasteiger partial charge >= 0.3 is 11.9 Å². The number of aliphatic hydroxyl groups is 2. The molecule has 0 aliphatic carbocycles. The number of ether oxygens (including phenoxy) is 3. The van der Waals surface area contributed by atoms with Gasteiger partial charge in [0.05, 0.1) is 37.3 Å². The number of methoxy groups -OCH3 is 2. The summed E-state index contributed by atoms with van der Waals surface area (Å²) in [6, 6.07) is 21.9. The number of benzene rings is 3. The van der Waals surface area contributed by atoms with Crippen LogP contribution in [-0.4, -0.2) is 70.3 Å². The first-order chi connectivity index (χ1) is 24.8. The normalized spacial score (nSPS) is 19.0. The largest absolute Gasteiger partial charge is 0.497 e. The second-order valence-corrected chi connectivity index (χ2v) is 12.5. The molecule has 0 radical (unpaired) electrons. The van der Waals surface area contributed by atoms with E-state index in [2.05, 4.69) is 4.98 Å². The molecule has 0 bridgehead atoms. The molecule has 0 spiro atoms. The van der Waals surface area contributed by atoms with Gasteiger partial charge in [-0.3, -0.25) is 19.1 Å². The Balaban J connectivity index is 1.46. The summed E-state index contributed by atoms with van der Waals surface area (Å²) in [7, 11) is 3.09. The second-order valence-electron chi connectivity index (χ2n) is 12.5. The Kier molecular flexibility index (Phi) is 11.8. The molecule has 2 heterocycles. The zero-order chi connectivity index (χ0) is 37.6. The summed E-state index contributed by atoms with van der Waals surface area (Å²) in [4.78, 5) is 39.2. The molecule has 3 aromatic carbocycles. The van der Waals surface area contributed by atoms with E-state index in [1.807, 2.05) is 54.6 Å². The molecule has 5 rings (SSSR count). The first kappa shape index (κ1) is 38.2. The predicted octanol–water partition coefficient (Wildman–Crippen LogP) is 4.24. The molecule has 5 atom stereocenters. The molecular weight excluding hydrogens is 683 g/mol. The molecule has 52 heavy (non-hydrogen) atoms. The van der Waals surface area contributed by atoms with Gasteiger partial charge in [-0.05, 0) is 60.2 Å². The van der Waals surface area contributed by atoms with Gasteiger partial charge in [0.25, 0.3) is 11.3 Å². The number of ketones is 1. The molecule has 11 nitrogen and oxygen atoms in total. The van der Waals surface area contributed by atoms with E-state index >= 15 is 0 Å². The first-order valence-electron chi connectivity index (χ1n) is 16.6. The molecule has 1 fully saturated rings. The molecule has 1 aliphatic rings. The van der Waals surface area contributed by atoms with Crippen molar-refractivity contribution in [3.8, 4) is 11.5 Å². The fourth-order valence-corrected chi connectivity index (χ4v) is 6.64. The van der Waals surface area contributed by atoms with Crippen LogP contribution in [0.25, 0.3) is 6.08 Å². The molecule has 2 unspecified atom stereocenters. The van der Waals surface area contributed by atoms with Gasteiger partial charge in [0, 0.05) is 12.6 Å². The number of rotatable bonds is 14. The van der Waals surface area contributed by atoms with Crippen molar-refractivity contribution in [1.82, 2.24) is 9.55 Å². The Labute approximate surface area is 297 Å². The monoisotopic (exact) mass is 723 g/mol. The lowest BCUT2D eigenvalue weighted by molar-refractivity contribution is -0.172. The topological polar surface area (TPSA) is 166 Å². The van der Waals surface area contributed by atoms with Crippen molar-refractivity contribution in [1.29, 1.82) is 0 Å². The van der Waals surface area contributed by atoms with Gasteiger partial charge in [-0.1, -0.05) is 66.7 Å². The molecule has 0 amide bonds. The van der Waals surface area contributed by atoms with Crippen LogP contribution in [0.5, 0.6) is 11.5 Å². The molecule has 5 N–H and O–H groups in total. The predicted molar refractivity (Wildman–Crippen MR) is 186 cm³/mol. The van der Waals surface area contributed by atoms with Crippen LogP contribution in [0.3, 0.4) is 0 Å². The molecule has 1 saturated heterocycles. The number of alkyl halides is 3. The first-order valence-corrected chi connectivity index (χ1v) is 16.6. The van der Waals surface area contributed by atoms with Gasteiger partial charge in [-0.25, -0.2) is 4.79 Å². The summed E-state index contributed by atoms with van der Waals surface area (Å²) in [6.07, 6.45) is -5.90. The number of Topliss-reactive ketones (excluding diaryl/α,β-unsaturated/α-hetero) is 1. The van der Waals surface area contributed by atoms with E-state index in [0.717, 1.165) is 4.57 Å². The second kappa shape index (κ2) is 16.1. The van der Waals surface area contributed by atoms with E-state index < -0.39 is 59.2 Å². The number of nitrogens with zero attached hydrogens (tertiary/aromatic N) is 1. The summed E-state index contributed by atoms with van der Waals surface area (Å²) < 4.78 is 56.1. The minimum atomic E-state index is -5.02. The van der Waals surface area contributed by atoms with Crippen LogP contribution in [0, 0.1) is 0 Å². The highest BCUT2D eigenvalue weighted by atomic mass is 19.4. The van der Waals surface area contributed by atoms with Gasteiger partial charge in [0.15, 0.2) is 0 Å². The average Bonchev–Trinajstić information content (AvgIpc) is 3.53. The lowest BCUT2D eigenvalue weighted by Crippen LogP contribution is -2.51. The van der Waals surface area contributed by atoms with Crippen LogP contribution in [-0.2, 0) is 14.9 Å². The third-order valence-corrected chi connectivity index (χ3v) is 9.32. The quantitative estimate of drug-likeness (QED) is 0.110. The SMILES string of the molecule is COc1ccc(C(c2ccccc2)(c2ccc(OC)cc2)C(O)[C@H]2O[C@@H](n3cc(C=CCCCC(N)C(=O)C(F)(F)F)c(=O)[nH]c3=O)C[C@@H]2O)cc1. The highest BCUT2D eigenvalue weighted by Crippen LogP contribution is 2.47. The fourth-order valence-electron chi connectivity index (χ4n) is 6.64. The van der Waals surface area contributed by atoms with Gasteiger partial charge < -0.3 is 30.2 Å². The maximum atomic E-state index is 13.0. The van der Waals surface area contributed by atoms with E-state index in [1.54, 1.807) is 38.5 Å². The smallest absolute Gasteiger partial charge is 0.451 e. The van der Waals surface area contributed by atoms with Crippen molar-refractivity contribution in [2.75, 3.05) is 14.2 Å². The van der Waals surface area contributed by atoms with Crippen LogP contribution >= 0.6 is 0 Å². The molecule has 4 aromatic rings. The number of nitrogens with two attached hydrogens (primary N) is 1. The number of carbonyl (C=O) groups excluding carboxylic acids is 1. The van der Waals surface area contributed by atoms with E-state index in [4.69, 9.17) is 19.9 Å². The number of aromatic nitrogens is 2. The highest BCUT2D eigenvalue weighted by molar-refractivity contribution is 5.88. The Morgan fingerprint density at radius 1 is 0.981 bits per heavy atom. The maximum absolute atomic E-state index is 13.0. The fraction of sp³-hybridized carbons (Fsp3) is 0.342. The number of hydrogen-bond acceptors (Lipinski definition) is 9. The van der Waals surface area contributed by atoms with Crippen LogP contribution in [0.15, 0.2) is 101 Å². The Bertz CT molecular complexity index is 1910. The molecule has 1 aliphatic heterocycles. The van der Waals surface area contributed by atoms with Crippen LogP contribution in [0.1, 0.15) is 54.2 Å². The summed E-state index contributed by atoms with van der Waals surface area (Å²) in [6.45, 7) is 0. The number of aromatic amines is 1. The van der Waals surface area contributed by atoms with Crippen molar-refractivity contribution >= 4 is 11.9 Å². The summed E-state index contributed by atoms with van der Waals surface area (Å²) in [5, 5.41) is 24.0. The van der Waals surface area contributed by atoms with Gasteiger partial charge in [0.1, 0.15) is 29.9 Å². The number of carbonyl (C=O) groups is 1. The Morgan fingerprint density at radius 3 is 2.08 bits per heavy atom. The lowest BCUT2D eigenvalue weighted by atomic mass is 9.64. The average molecular weight is 724 g/mol. The van der Waals surface area contributed by atoms with E-state index in [9.17, 15) is 37.8 Å². The third-order valence-electron chi connectivity index (χ3n) is 9.32. The third kappa shape index (κ3) is 7.89. The number of aliphatic hydroxyl groups excluding tert-OH is 2. The highest BCUT2D eigenvalue weighted by Gasteiger charge is 2.52. The van der Waals surface area contributed by atoms with Crippen molar-refractivity contribution < 1.29 is 42.4 Å². The number of hydrogen-bond donors (Lipinski definition) is 4. The van der Waals surface area contributed by atoms with E-state index in [1.165, 1.54) is 18.3 Å². The maximum Gasteiger partial charge on any atom is 0.451 e. The summed E-state index contributed by atoms with van der Waals surface area (Å²) in [5.41, 5.74) is 4.56. The minimum Gasteiger partial charge on any atom is -0.497 e. The Morgan fingerprint density at radius 2 is 1.54 bits per heavy atom. The zero-order valence-electron chi connectivity index (χ0n) is 28.5. The van der Waals surface area contributed by atoms with Crippen molar-refractivity contribution in [2.45, 2.75) is 67.9 Å². The molecular formula is C38H40F3N3O8. The number of H-pyrrole nitrogens is 1. The van der Waals surface area contributed by atoms with Crippen molar-refractivity contribution in [2.24, 2.45) is 5.73 Å². The van der Waals surface area contributed by atoms with Crippen LogP contribution < -0.4 is 26.5 Å². The van der Waals surface area contributed by atoms with Crippen molar-refractivity contribution in [3.63, 3.8) is 0 Å². The molecule has 14 heteroatoms. The number of nitrogens with one attached hydrogen (secondary N) is 1. The molecule has 0 saturated carbocycles. The van der Waals surface area contributed by atoms with Gasteiger partial charge in [-0.2, -0.15) is 13.2 Å². The number of unbranched alkanes of at least 4 members (excludes halogenated alkanes) is 1. The number of halogens is 3. The van der Waals surface area contributed by atoms with E-state index in [0.29, 0.717) is 28.2 Å². The van der Waals surface area contributed by atoms with Crippen molar-refractivity contribution in [3.05, 3.63) is 134 Å². The molecule has 1 aromatic heterocycles. The summed E-state index contributed by atoms with van der Waals surface area (Å²) in [5.74, 6) is -0.819. The lowest BCUT2D eigenvalue weighted by Gasteiger charge is -2.43. The zero-order valence-corrected chi connectivity index (χ0v) is 28.5. The molecule has 276 valence electrons. The Hall–Kier alpha value is -5.02. The van der Waals surface area contributed by atoms with E-state index in [-0.39, 0.29) is 31.2 Å². The number of allylic oxidation sites excluding steroid dienone is 1. The van der Waals surface area contributed by atoms with Gasteiger partial charge in [-0.15, -0.1) is 0 Å². The van der Waals surface area contributed by atoms with Crippen LogP contribution in [0.2, 0.25) is 0 Å².